The third-order valence-corrected chi connectivity index (χ3v) is 4.24. The highest BCUT2D eigenvalue weighted by Crippen LogP contribution is 2.18. The van der Waals surface area contributed by atoms with Gasteiger partial charge >= 0.3 is 5.97 Å². The summed E-state index contributed by atoms with van der Waals surface area (Å²) in [7, 11) is 0. The van der Waals surface area contributed by atoms with Crippen molar-refractivity contribution in [1.29, 1.82) is 0 Å². The van der Waals surface area contributed by atoms with Crippen LogP contribution in [-0.2, 0) is 22.7 Å². The largest absolute Gasteiger partial charge is 0.459 e. The van der Waals surface area contributed by atoms with Crippen molar-refractivity contribution in [2.75, 3.05) is 0 Å². The van der Waals surface area contributed by atoms with E-state index in [1.807, 2.05) is 36.4 Å². The Balaban J connectivity index is 1.35. The molecule has 28 heavy (non-hydrogen) atoms. The second-order valence-electron chi connectivity index (χ2n) is 6.17. The van der Waals surface area contributed by atoms with Crippen molar-refractivity contribution in [3.63, 3.8) is 0 Å². The summed E-state index contributed by atoms with van der Waals surface area (Å²) in [5, 5.41) is 4.67. The van der Waals surface area contributed by atoms with E-state index in [1.165, 1.54) is 12.5 Å². The lowest BCUT2D eigenvalue weighted by Crippen LogP contribution is -2.15. The minimum atomic E-state index is -0.381. The Kier molecular flexibility index (Phi) is 4.97. The summed E-state index contributed by atoms with van der Waals surface area (Å²) in [6.45, 7) is 0.348. The van der Waals surface area contributed by atoms with Gasteiger partial charge in [0.2, 0.25) is 11.3 Å². The number of hydrogen-bond acceptors (Lipinski definition) is 6. The topological polar surface area (TPSA) is 87.2 Å². The number of carbonyl (C=O) groups is 1. The minimum absolute atomic E-state index is 0.0352. The van der Waals surface area contributed by atoms with Crippen molar-refractivity contribution in [3.05, 3.63) is 83.0 Å². The SMILES string of the molecule is O=C(CCn1ncc(=O)c2ccccc21)OCc1coc(-c2ccccc2)n1. The maximum Gasteiger partial charge on any atom is 0.308 e. The van der Waals surface area contributed by atoms with E-state index in [0.717, 1.165) is 5.56 Å². The Morgan fingerprint density at radius 3 is 2.71 bits per heavy atom. The van der Waals surface area contributed by atoms with Crippen molar-refractivity contribution in [2.45, 2.75) is 19.6 Å². The molecular formula is C21H17N3O4. The molecule has 0 saturated heterocycles. The Morgan fingerprint density at radius 2 is 1.86 bits per heavy atom. The number of aryl methyl sites for hydroxylation is 1. The van der Waals surface area contributed by atoms with Crippen LogP contribution >= 0.6 is 0 Å². The summed E-state index contributed by atoms with van der Waals surface area (Å²) in [6.07, 6.45) is 2.86. The number of carbonyl (C=O) groups excluding carboxylic acids is 1. The molecule has 0 aliphatic carbocycles. The summed E-state index contributed by atoms with van der Waals surface area (Å²) in [4.78, 5) is 28.3. The first kappa shape index (κ1) is 17.7. The second-order valence-corrected chi connectivity index (χ2v) is 6.17. The predicted octanol–water partition coefficient (Wildman–Crippen LogP) is 3.19. The van der Waals surface area contributed by atoms with E-state index >= 15 is 0 Å². The maximum atomic E-state index is 12.1. The smallest absolute Gasteiger partial charge is 0.308 e. The molecule has 0 saturated carbocycles. The monoisotopic (exact) mass is 375 g/mol. The summed E-state index contributed by atoms with van der Waals surface area (Å²) < 4.78 is 12.3. The fourth-order valence-corrected chi connectivity index (χ4v) is 2.85. The van der Waals surface area contributed by atoms with Gasteiger partial charge in [-0.15, -0.1) is 0 Å². The van der Waals surface area contributed by atoms with Gasteiger partial charge < -0.3 is 9.15 Å². The van der Waals surface area contributed by atoms with Gasteiger partial charge in [0.1, 0.15) is 18.6 Å². The molecule has 0 N–H and O–H groups in total. The number of para-hydroxylation sites is 1. The molecule has 2 heterocycles. The average molecular weight is 375 g/mol. The molecule has 0 aliphatic rings. The van der Waals surface area contributed by atoms with Gasteiger partial charge in [0.05, 0.1) is 24.7 Å². The molecule has 0 amide bonds. The first-order valence-electron chi connectivity index (χ1n) is 8.81. The van der Waals surface area contributed by atoms with E-state index in [1.54, 1.807) is 22.9 Å². The number of aromatic nitrogens is 3. The minimum Gasteiger partial charge on any atom is -0.459 e. The molecule has 7 nitrogen and oxygen atoms in total. The van der Waals surface area contributed by atoms with Crippen LogP contribution in [0, 0.1) is 0 Å². The standard InChI is InChI=1S/C21H17N3O4/c25-19-12-22-24(18-9-5-4-8-17(18)19)11-10-20(26)27-13-16-14-28-21(23-16)15-6-2-1-3-7-15/h1-9,12,14H,10-11,13H2. The molecule has 4 rings (SSSR count). The zero-order valence-electron chi connectivity index (χ0n) is 14.9. The van der Waals surface area contributed by atoms with E-state index < -0.39 is 0 Å². The van der Waals surface area contributed by atoms with E-state index in [-0.39, 0.29) is 24.4 Å². The number of oxazole rings is 1. The molecule has 2 aromatic carbocycles. The summed E-state index contributed by atoms with van der Waals surface area (Å²) in [5.74, 6) is 0.101. The molecule has 140 valence electrons. The average Bonchev–Trinajstić information content (AvgIpc) is 3.22. The van der Waals surface area contributed by atoms with Gasteiger partial charge in [0.25, 0.3) is 0 Å². The molecule has 0 fully saturated rings. The Hall–Kier alpha value is -3.74. The number of benzene rings is 2. The molecule has 0 aliphatic heterocycles. The Labute approximate surface area is 160 Å². The van der Waals surface area contributed by atoms with Gasteiger partial charge in [-0.05, 0) is 24.3 Å². The molecule has 0 spiro atoms. The van der Waals surface area contributed by atoms with Crippen LogP contribution in [0.4, 0.5) is 0 Å². The van der Waals surface area contributed by atoms with Crippen molar-refractivity contribution < 1.29 is 13.9 Å². The highest BCUT2D eigenvalue weighted by molar-refractivity contribution is 5.78. The van der Waals surface area contributed by atoms with Crippen LogP contribution in [0.2, 0.25) is 0 Å². The molecule has 0 atom stereocenters. The molecule has 4 aromatic rings. The number of nitrogens with zero attached hydrogens (tertiary/aromatic N) is 3. The summed E-state index contributed by atoms with van der Waals surface area (Å²) in [5.41, 5.74) is 1.94. The van der Waals surface area contributed by atoms with Gasteiger partial charge in [0, 0.05) is 10.9 Å². The van der Waals surface area contributed by atoms with E-state index in [9.17, 15) is 9.59 Å². The van der Waals surface area contributed by atoms with Crippen molar-refractivity contribution in [2.24, 2.45) is 0 Å². The quantitative estimate of drug-likeness (QED) is 0.481. The molecule has 0 bridgehead atoms. The lowest BCUT2D eigenvalue weighted by Gasteiger charge is -2.08. The molecule has 0 radical (unpaired) electrons. The number of hydrogen-bond donors (Lipinski definition) is 0. The highest BCUT2D eigenvalue weighted by Gasteiger charge is 2.10. The molecular weight excluding hydrogens is 358 g/mol. The second kappa shape index (κ2) is 7.87. The highest BCUT2D eigenvalue weighted by atomic mass is 16.5. The number of fused-ring (bicyclic) bond motifs is 1. The van der Waals surface area contributed by atoms with Crippen LogP contribution < -0.4 is 5.43 Å². The van der Waals surface area contributed by atoms with Crippen molar-refractivity contribution in [1.82, 2.24) is 14.8 Å². The lowest BCUT2D eigenvalue weighted by atomic mass is 10.2. The lowest BCUT2D eigenvalue weighted by molar-refractivity contribution is -0.145. The van der Waals surface area contributed by atoms with Crippen LogP contribution in [0.5, 0.6) is 0 Å². The van der Waals surface area contributed by atoms with E-state index in [4.69, 9.17) is 9.15 Å². The third-order valence-electron chi connectivity index (χ3n) is 4.24. The van der Waals surface area contributed by atoms with Gasteiger partial charge in [-0.2, -0.15) is 5.10 Å². The first-order valence-corrected chi connectivity index (χ1v) is 8.81. The first-order chi connectivity index (χ1) is 13.7. The molecule has 2 aromatic heterocycles. The van der Waals surface area contributed by atoms with Crippen LogP contribution in [-0.4, -0.2) is 20.7 Å². The fourth-order valence-electron chi connectivity index (χ4n) is 2.85. The Morgan fingerprint density at radius 1 is 1.07 bits per heavy atom. The zero-order chi connectivity index (χ0) is 19.3. The van der Waals surface area contributed by atoms with Gasteiger partial charge in [-0.3, -0.25) is 14.3 Å². The van der Waals surface area contributed by atoms with Gasteiger partial charge in [-0.25, -0.2) is 4.98 Å². The summed E-state index contributed by atoms with van der Waals surface area (Å²) in [6, 6.07) is 16.7. The van der Waals surface area contributed by atoms with Gasteiger partial charge in [0.15, 0.2) is 0 Å². The summed E-state index contributed by atoms with van der Waals surface area (Å²) >= 11 is 0. The van der Waals surface area contributed by atoms with Crippen LogP contribution in [0.3, 0.4) is 0 Å². The van der Waals surface area contributed by atoms with Crippen molar-refractivity contribution >= 4 is 16.9 Å². The Bertz CT molecular complexity index is 1160. The normalized spacial score (nSPS) is 10.9. The number of esters is 1. The fraction of sp³-hybridized carbons (Fsp3) is 0.143. The van der Waals surface area contributed by atoms with E-state index in [2.05, 4.69) is 10.1 Å². The maximum absolute atomic E-state index is 12.1. The zero-order valence-corrected chi connectivity index (χ0v) is 14.9. The number of rotatable bonds is 6. The van der Waals surface area contributed by atoms with Crippen LogP contribution in [0.15, 0.2) is 76.3 Å². The molecule has 7 heteroatoms. The third kappa shape index (κ3) is 3.83. The van der Waals surface area contributed by atoms with Crippen molar-refractivity contribution in [3.8, 4) is 11.5 Å². The van der Waals surface area contributed by atoms with Gasteiger partial charge in [-0.1, -0.05) is 30.3 Å². The van der Waals surface area contributed by atoms with Crippen LogP contribution in [0.1, 0.15) is 12.1 Å². The number of ether oxygens (including phenoxy) is 1. The van der Waals surface area contributed by atoms with Crippen LogP contribution in [0.25, 0.3) is 22.4 Å². The predicted molar refractivity (Wildman–Crippen MR) is 102 cm³/mol. The van der Waals surface area contributed by atoms with E-state index in [0.29, 0.717) is 29.0 Å². The molecule has 0 unspecified atom stereocenters.